The van der Waals surface area contributed by atoms with Gasteiger partial charge in [0.15, 0.2) is 0 Å². The molecule has 0 saturated carbocycles. The van der Waals surface area contributed by atoms with E-state index in [0.717, 1.165) is 22.2 Å². The van der Waals surface area contributed by atoms with Crippen LogP contribution in [0.15, 0.2) is 53.4 Å². The van der Waals surface area contributed by atoms with Crippen molar-refractivity contribution in [1.29, 1.82) is 0 Å². The SMILES string of the molecule is COc1cccc(/C=C2\SC(=O)N(c3cccc(OC)c3)C2=O)c1. The van der Waals surface area contributed by atoms with Crippen LogP contribution in [-0.2, 0) is 4.79 Å². The smallest absolute Gasteiger partial charge is 0.298 e. The number of hydrogen-bond donors (Lipinski definition) is 0. The molecule has 3 rings (SSSR count). The average Bonchev–Trinajstić information content (AvgIpc) is 2.88. The Bertz CT molecular complexity index is 831. The minimum atomic E-state index is -0.346. The Balaban J connectivity index is 1.92. The van der Waals surface area contributed by atoms with Crippen LogP contribution >= 0.6 is 11.8 Å². The van der Waals surface area contributed by atoms with Crippen molar-refractivity contribution in [1.82, 2.24) is 0 Å². The van der Waals surface area contributed by atoms with E-state index in [1.807, 2.05) is 18.2 Å². The molecule has 0 bridgehead atoms. The van der Waals surface area contributed by atoms with Gasteiger partial charge in [0.05, 0.1) is 24.8 Å². The molecule has 2 aromatic carbocycles. The summed E-state index contributed by atoms with van der Waals surface area (Å²) in [5.74, 6) is 0.931. The molecule has 2 amide bonds. The predicted octanol–water partition coefficient (Wildman–Crippen LogP) is 3.94. The number of ether oxygens (including phenoxy) is 2. The first-order valence-corrected chi connectivity index (χ1v) is 8.00. The number of nitrogens with zero attached hydrogens (tertiary/aromatic N) is 1. The molecule has 1 heterocycles. The van der Waals surface area contributed by atoms with Crippen LogP contribution in [0.1, 0.15) is 5.56 Å². The third-order valence-electron chi connectivity index (χ3n) is 3.50. The zero-order chi connectivity index (χ0) is 17.1. The molecule has 0 aliphatic carbocycles. The number of imide groups is 1. The summed E-state index contributed by atoms with van der Waals surface area (Å²) < 4.78 is 10.3. The molecule has 6 heteroatoms. The fraction of sp³-hybridized carbons (Fsp3) is 0.111. The Morgan fingerprint density at radius 2 is 1.62 bits per heavy atom. The Morgan fingerprint density at radius 3 is 2.33 bits per heavy atom. The molecule has 0 atom stereocenters. The summed E-state index contributed by atoms with van der Waals surface area (Å²) >= 11 is 0.915. The number of amides is 2. The van der Waals surface area contributed by atoms with E-state index in [1.165, 1.54) is 7.11 Å². The quantitative estimate of drug-likeness (QED) is 0.788. The molecule has 0 radical (unpaired) electrons. The molecule has 122 valence electrons. The summed E-state index contributed by atoms with van der Waals surface area (Å²) in [5, 5.41) is -0.331. The van der Waals surface area contributed by atoms with Gasteiger partial charge in [0.25, 0.3) is 11.1 Å². The molecule has 24 heavy (non-hydrogen) atoms. The lowest BCUT2D eigenvalue weighted by Crippen LogP contribution is -2.27. The van der Waals surface area contributed by atoms with Crippen molar-refractivity contribution in [2.24, 2.45) is 0 Å². The summed E-state index contributed by atoms with van der Waals surface area (Å²) in [6.45, 7) is 0. The van der Waals surface area contributed by atoms with Crippen LogP contribution in [0.25, 0.3) is 6.08 Å². The molecule has 0 N–H and O–H groups in total. The van der Waals surface area contributed by atoms with Crippen molar-refractivity contribution in [2.75, 3.05) is 19.1 Å². The summed E-state index contributed by atoms with van der Waals surface area (Å²) in [6.07, 6.45) is 1.69. The maximum Gasteiger partial charge on any atom is 0.298 e. The molecule has 0 spiro atoms. The van der Waals surface area contributed by atoms with Gasteiger partial charge in [0, 0.05) is 6.07 Å². The van der Waals surface area contributed by atoms with Crippen LogP contribution in [0.5, 0.6) is 11.5 Å². The molecule has 1 saturated heterocycles. The van der Waals surface area contributed by atoms with Crippen LogP contribution in [0.2, 0.25) is 0 Å². The van der Waals surface area contributed by atoms with Gasteiger partial charge in [-0.05, 0) is 47.7 Å². The first-order valence-electron chi connectivity index (χ1n) is 7.18. The predicted molar refractivity (Wildman–Crippen MR) is 94.4 cm³/mol. The number of methoxy groups -OCH3 is 2. The van der Waals surface area contributed by atoms with Crippen LogP contribution < -0.4 is 14.4 Å². The topological polar surface area (TPSA) is 55.8 Å². The number of rotatable bonds is 4. The van der Waals surface area contributed by atoms with Gasteiger partial charge in [-0.2, -0.15) is 0 Å². The minimum absolute atomic E-state index is 0.331. The van der Waals surface area contributed by atoms with Gasteiger partial charge >= 0.3 is 0 Å². The van der Waals surface area contributed by atoms with Gasteiger partial charge in [-0.3, -0.25) is 9.59 Å². The van der Waals surface area contributed by atoms with Gasteiger partial charge in [-0.1, -0.05) is 18.2 Å². The van der Waals surface area contributed by atoms with E-state index in [2.05, 4.69) is 0 Å². The summed E-state index contributed by atoms with van der Waals surface area (Å²) in [4.78, 5) is 26.4. The molecule has 2 aromatic rings. The Labute approximate surface area is 143 Å². The van der Waals surface area contributed by atoms with E-state index < -0.39 is 0 Å². The second kappa shape index (κ2) is 6.80. The zero-order valence-electron chi connectivity index (χ0n) is 13.2. The largest absolute Gasteiger partial charge is 0.497 e. The van der Waals surface area contributed by atoms with Crippen molar-refractivity contribution in [2.45, 2.75) is 0 Å². The molecule has 1 aliphatic rings. The normalized spacial score (nSPS) is 15.9. The Hall–Kier alpha value is -2.73. The van der Waals surface area contributed by atoms with Crippen LogP contribution in [0.3, 0.4) is 0 Å². The molecule has 5 nitrogen and oxygen atoms in total. The number of carbonyl (C=O) groups excluding carboxylic acids is 2. The molecular weight excluding hydrogens is 326 g/mol. The average molecular weight is 341 g/mol. The lowest BCUT2D eigenvalue weighted by Gasteiger charge is -2.13. The minimum Gasteiger partial charge on any atom is -0.497 e. The highest BCUT2D eigenvalue weighted by molar-refractivity contribution is 8.19. The van der Waals surface area contributed by atoms with Crippen molar-refractivity contribution in [3.63, 3.8) is 0 Å². The van der Waals surface area contributed by atoms with Crippen molar-refractivity contribution >= 4 is 34.7 Å². The molecule has 0 unspecified atom stereocenters. The van der Waals surface area contributed by atoms with Crippen LogP contribution in [0, 0.1) is 0 Å². The highest BCUT2D eigenvalue weighted by Crippen LogP contribution is 2.36. The van der Waals surface area contributed by atoms with Gasteiger partial charge < -0.3 is 9.47 Å². The lowest BCUT2D eigenvalue weighted by atomic mass is 10.2. The summed E-state index contributed by atoms with van der Waals surface area (Å²) in [6, 6.07) is 14.2. The zero-order valence-corrected chi connectivity index (χ0v) is 14.0. The third-order valence-corrected chi connectivity index (χ3v) is 4.37. The van der Waals surface area contributed by atoms with E-state index in [9.17, 15) is 9.59 Å². The molecule has 0 aromatic heterocycles. The fourth-order valence-electron chi connectivity index (χ4n) is 2.32. The highest BCUT2D eigenvalue weighted by Gasteiger charge is 2.36. The van der Waals surface area contributed by atoms with E-state index >= 15 is 0 Å². The molecular formula is C18H15NO4S. The van der Waals surface area contributed by atoms with Crippen LogP contribution in [-0.4, -0.2) is 25.4 Å². The Kier molecular flexibility index (Phi) is 4.57. The van der Waals surface area contributed by atoms with Gasteiger partial charge in [-0.15, -0.1) is 0 Å². The lowest BCUT2D eigenvalue weighted by molar-refractivity contribution is -0.113. The standard InChI is InChI=1S/C18H15NO4S/c1-22-14-7-3-5-12(9-14)10-16-17(20)19(18(21)24-16)13-6-4-8-15(11-13)23-2/h3-11H,1-2H3/b16-10-. The number of anilines is 1. The van der Waals surface area contributed by atoms with E-state index in [0.29, 0.717) is 22.1 Å². The van der Waals surface area contributed by atoms with Crippen molar-refractivity contribution in [3.8, 4) is 11.5 Å². The Morgan fingerprint density at radius 1 is 0.958 bits per heavy atom. The second-order valence-corrected chi connectivity index (χ2v) is 5.99. The maximum absolute atomic E-state index is 12.6. The maximum atomic E-state index is 12.6. The molecule has 1 aliphatic heterocycles. The van der Waals surface area contributed by atoms with Gasteiger partial charge in [0.1, 0.15) is 11.5 Å². The monoisotopic (exact) mass is 341 g/mol. The first-order chi connectivity index (χ1) is 11.6. The summed E-state index contributed by atoms with van der Waals surface area (Å²) in [7, 11) is 3.12. The van der Waals surface area contributed by atoms with Crippen molar-refractivity contribution < 1.29 is 19.1 Å². The van der Waals surface area contributed by atoms with Gasteiger partial charge in [-0.25, -0.2) is 4.90 Å². The number of carbonyl (C=O) groups is 2. The van der Waals surface area contributed by atoms with E-state index in [4.69, 9.17) is 9.47 Å². The van der Waals surface area contributed by atoms with E-state index in [1.54, 1.807) is 43.5 Å². The first kappa shape index (κ1) is 16.1. The number of thioether (sulfide) groups is 1. The van der Waals surface area contributed by atoms with Gasteiger partial charge in [0.2, 0.25) is 0 Å². The number of benzene rings is 2. The third kappa shape index (κ3) is 3.14. The number of hydrogen-bond acceptors (Lipinski definition) is 5. The van der Waals surface area contributed by atoms with Crippen LogP contribution in [0.4, 0.5) is 10.5 Å². The molecule has 1 fully saturated rings. The summed E-state index contributed by atoms with van der Waals surface area (Å²) in [5.41, 5.74) is 1.29. The fourth-order valence-corrected chi connectivity index (χ4v) is 3.16. The van der Waals surface area contributed by atoms with Crippen molar-refractivity contribution in [3.05, 3.63) is 59.0 Å². The van der Waals surface area contributed by atoms with E-state index in [-0.39, 0.29) is 11.1 Å². The highest BCUT2D eigenvalue weighted by atomic mass is 32.2. The second-order valence-electron chi connectivity index (χ2n) is 5.00.